The fraction of sp³-hybridized carbons (Fsp3) is 0.667. The zero-order valence-corrected chi connectivity index (χ0v) is 15.9. The lowest BCUT2D eigenvalue weighted by Crippen LogP contribution is -2.38. The summed E-state index contributed by atoms with van der Waals surface area (Å²) >= 11 is 0. The zero-order valence-electron chi connectivity index (χ0n) is 15.1. The van der Waals surface area contributed by atoms with Gasteiger partial charge in [-0.3, -0.25) is 0 Å². The summed E-state index contributed by atoms with van der Waals surface area (Å²) in [5, 5.41) is 0. The zero-order chi connectivity index (χ0) is 17.9. The number of halogens is 1. The molecule has 5 heteroatoms. The minimum absolute atomic E-state index is 0.109. The Labute approximate surface area is 140 Å². The monoisotopic (exact) mass is 343 g/mol. The minimum Gasteiger partial charge on any atom is -0.212 e. The van der Waals surface area contributed by atoms with Gasteiger partial charge in [-0.2, -0.15) is 0 Å². The van der Waals surface area contributed by atoms with Crippen LogP contribution in [0, 0.1) is 16.6 Å². The molecule has 132 valence electrons. The quantitative estimate of drug-likeness (QED) is 0.816. The van der Waals surface area contributed by atoms with E-state index in [1.807, 2.05) is 20.8 Å². The van der Waals surface area contributed by atoms with Crippen LogP contribution in [-0.4, -0.2) is 14.2 Å². The molecule has 23 heavy (non-hydrogen) atoms. The molecule has 0 fully saturated rings. The summed E-state index contributed by atoms with van der Waals surface area (Å²) < 4.78 is 40.8. The van der Waals surface area contributed by atoms with Gasteiger partial charge < -0.3 is 0 Å². The van der Waals surface area contributed by atoms with E-state index >= 15 is 0 Å². The van der Waals surface area contributed by atoms with Crippen molar-refractivity contribution in [3.8, 4) is 0 Å². The average Bonchev–Trinajstić information content (AvgIpc) is 2.34. The molecule has 0 saturated carbocycles. The first-order chi connectivity index (χ1) is 10.3. The van der Waals surface area contributed by atoms with E-state index in [2.05, 4.69) is 25.5 Å². The van der Waals surface area contributed by atoms with Crippen LogP contribution in [-0.2, 0) is 10.0 Å². The molecule has 0 bridgehead atoms. The van der Waals surface area contributed by atoms with Crippen molar-refractivity contribution < 1.29 is 12.8 Å². The molecule has 0 aliphatic carbocycles. The third kappa shape index (κ3) is 7.44. The van der Waals surface area contributed by atoms with Crippen molar-refractivity contribution in [3.63, 3.8) is 0 Å². The Morgan fingerprint density at radius 3 is 2.00 bits per heavy atom. The third-order valence-corrected chi connectivity index (χ3v) is 5.13. The second-order valence-electron chi connectivity index (χ2n) is 8.45. The smallest absolute Gasteiger partial charge is 0.212 e. The van der Waals surface area contributed by atoms with Crippen molar-refractivity contribution in [2.24, 2.45) is 10.8 Å². The normalized spacial score (nSPS) is 14.7. The van der Waals surface area contributed by atoms with Crippen LogP contribution in [0.25, 0.3) is 0 Å². The van der Waals surface area contributed by atoms with Crippen molar-refractivity contribution in [1.29, 1.82) is 0 Å². The highest BCUT2D eigenvalue weighted by Gasteiger charge is 2.30. The molecule has 0 aliphatic rings. The molecular formula is C18H30FNO2S. The Morgan fingerprint density at radius 1 is 1.04 bits per heavy atom. The minimum atomic E-state index is -3.39. The molecular weight excluding hydrogens is 313 g/mol. The van der Waals surface area contributed by atoms with Crippen LogP contribution in [0.1, 0.15) is 66.0 Å². The Hall–Kier alpha value is -0.940. The van der Waals surface area contributed by atoms with Crippen molar-refractivity contribution in [1.82, 2.24) is 4.72 Å². The standard InChI is InChI=1S/C18H30FNO2S/c1-17(2,3)12-7-13-23(21,22)20-16(18(4,5)6)14-8-10-15(19)11-9-14/h8-11,16,20H,7,12-13H2,1-6H3/t16-/m1/s1. The van der Waals surface area contributed by atoms with Gasteiger partial charge in [-0.1, -0.05) is 53.7 Å². The summed E-state index contributed by atoms with van der Waals surface area (Å²) in [7, 11) is -3.39. The Balaban J connectivity index is 2.87. The van der Waals surface area contributed by atoms with Crippen LogP contribution in [0.15, 0.2) is 24.3 Å². The van der Waals surface area contributed by atoms with Gasteiger partial charge in [-0.15, -0.1) is 0 Å². The molecule has 1 atom stereocenters. The van der Waals surface area contributed by atoms with Crippen molar-refractivity contribution >= 4 is 10.0 Å². The van der Waals surface area contributed by atoms with Crippen LogP contribution in [0.5, 0.6) is 0 Å². The van der Waals surface area contributed by atoms with Crippen LogP contribution >= 0.6 is 0 Å². The van der Waals surface area contributed by atoms with Crippen LogP contribution in [0.2, 0.25) is 0 Å². The summed E-state index contributed by atoms with van der Waals surface area (Å²) in [6, 6.07) is 5.62. The van der Waals surface area contributed by atoms with Gasteiger partial charge in [0.15, 0.2) is 0 Å². The van der Waals surface area contributed by atoms with E-state index in [1.165, 1.54) is 12.1 Å². The van der Waals surface area contributed by atoms with Gasteiger partial charge in [0.2, 0.25) is 10.0 Å². The topological polar surface area (TPSA) is 46.2 Å². The first-order valence-corrected chi connectivity index (χ1v) is 9.71. The SMILES string of the molecule is CC(C)(C)CCCS(=O)(=O)N[C@H](c1ccc(F)cc1)C(C)(C)C. The molecule has 0 unspecified atom stereocenters. The number of benzene rings is 1. The van der Waals surface area contributed by atoms with Crippen LogP contribution in [0.3, 0.4) is 0 Å². The summed E-state index contributed by atoms with van der Waals surface area (Å²) in [5.41, 5.74) is 0.587. The molecule has 1 aromatic carbocycles. The second kappa shape index (κ2) is 7.31. The van der Waals surface area contributed by atoms with Crippen molar-refractivity contribution in [2.45, 2.75) is 60.4 Å². The molecule has 0 spiro atoms. The van der Waals surface area contributed by atoms with Crippen molar-refractivity contribution in [3.05, 3.63) is 35.6 Å². The first kappa shape index (κ1) is 20.1. The summed E-state index contributed by atoms with van der Waals surface area (Å²) in [6.45, 7) is 12.2. The fourth-order valence-corrected chi connectivity index (χ4v) is 3.92. The maximum atomic E-state index is 13.1. The Morgan fingerprint density at radius 2 is 1.57 bits per heavy atom. The number of rotatable bonds is 6. The van der Waals surface area contributed by atoms with E-state index in [9.17, 15) is 12.8 Å². The highest BCUT2D eigenvalue weighted by molar-refractivity contribution is 7.89. The lowest BCUT2D eigenvalue weighted by molar-refractivity contribution is 0.303. The van der Waals surface area contributed by atoms with E-state index in [1.54, 1.807) is 12.1 Å². The summed E-state index contributed by atoms with van der Waals surface area (Å²) in [4.78, 5) is 0. The lowest BCUT2D eigenvalue weighted by atomic mass is 9.83. The lowest BCUT2D eigenvalue weighted by Gasteiger charge is -2.32. The van der Waals surface area contributed by atoms with E-state index in [0.717, 1.165) is 12.0 Å². The van der Waals surface area contributed by atoms with Gasteiger partial charge in [0.25, 0.3) is 0 Å². The van der Waals surface area contributed by atoms with Gasteiger partial charge >= 0.3 is 0 Å². The van der Waals surface area contributed by atoms with Gasteiger partial charge in [0.05, 0.1) is 11.8 Å². The predicted molar refractivity (Wildman–Crippen MR) is 94.2 cm³/mol. The van der Waals surface area contributed by atoms with Crippen molar-refractivity contribution in [2.75, 3.05) is 5.75 Å². The van der Waals surface area contributed by atoms with E-state index < -0.39 is 10.0 Å². The Kier molecular flexibility index (Phi) is 6.39. The van der Waals surface area contributed by atoms with Gasteiger partial charge in [-0.05, 0) is 41.4 Å². The summed E-state index contributed by atoms with van der Waals surface area (Å²) in [6.07, 6.45) is 1.48. The maximum Gasteiger partial charge on any atom is 0.212 e. The molecule has 0 radical (unpaired) electrons. The number of hydrogen-bond donors (Lipinski definition) is 1. The van der Waals surface area contributed by atoms with Crippen LogP contribution < -0.4 is 4.72 Å². The number of hydrogen-bond acceptors (Lipinski definition) is 2. The third-order valence-electron chi connectivity index (χ3n) is 3.71. The predicted octanol–water partition coefficient (Wildman–Crippen LogP) is 4.66. The molecule has 0 amide bonds. The van der Waals surface area contributed by atoms with E-state index in [-0.39, 0.29) is 28.4 Å². The molecule has 0 heterocycles. The first-order valence-electron chi connectivity index (χ1n) is 8.06. The van der Waals surface area contributed by atoms with Gasteiger partial charge in [0, 0.05) is 0 Å². The highest BCUT2D eigenvalue weighted by Crippen LogP contribution is 2.33. The van der Waals surface area contributed by atoms with Gasteiger partial charge in [-0.25, -0.2) is 17.5 Å². The molecule has 0 aromatic heterocycles. The van der Waals surface area contributed by atoms with Gasteiger partial charge in [0.1, 0.15) is 5.82 Å². The van der Waals surface area contributed by atoms with E-state index in [4.69, 9.17) is 0 Å². The molecule has 1 N–H and O–H groups in total. The number of nitrogens with one attached hydrogen (secondary N) is 1. The maximum absolute atomic E-state index is 13.1. The molecule has 3 nitrogen and oxygen atoms in total. The average molecular weight is 344 g/mol. The van der Waals surface area contributed by atoms with Crippen LogP contribution in [0.4, 0.5) is 4.39 Å². The molecule has 0 saturated heterocycles. The number of sulfonamides is 1. The largest absolute Gasteiger partial charge is 0.212 e. The second-order valence-corrected chi connectivity index (χ2v) is 10.3. The highest BCUT2D eigenvalue weighted by atomic mass is 32.2. The molecule has 1 rings (SSSR count). The Bertz CT molecular complexity index is 595. The molecule has 1 aromatic rings. The molecule has 0 aliphatic heterocycles. The summed E-state index contributed by atoms with van der Waals surface area (Å²) in [5.74, 6) is -0.215. The fourth-order valence-electron chi connectivity index (χ4n) is 2.43. The van der Waals surface area contributed by atoms with E-state index in [0.29, 0.717) is 6.42 Å².